The molecule has 0 radical (unpaired) electrons. The number of esters is 1. The Hall–Kier alpha value is -4.22. The molecule has 0 spiro atoms. The summed E-state index contributed by atoms with van der Waals surface area (Å²) in [4.78, 5) is 48.6. The lowest BCUT2D eigenvalue weighted by Gasteiger charge is -2.27. The van der Waals surface area contributed by atoms with Gasteiger partial charge in [-0.25, -0.2) is 10.6 Å². The Labute approximate surface area is 186 Å². The van der Waals surface area contributed by atoms with Crippen molar-refractivity contribution in [2.24, 2.45) is 5.84 Å². The van der Waals surface area contributed by atoms with Crippen LogP contribution in [0.1, 0.15) is 31.8 Å². The number of amides is 2. The second-order valence-electron chi connectivity index (χ2n) is 6.76. The normalized spacial score (nSPS) is 11.1. The second kappa shape index (κ2) is 11.2. The molecule has 2 aromatic carbocycles. The van der Waals surface area contributed by atoms with Crippen LogP contribution in [0.15, 0.2) is 54.6 Å². The van der Waals surface area contributed by atoms with Gasteiger partial charge in [-0.05, 0) is 42.0 Å². The van der Waals surface area contributed by atoms with Crippen LogP contribution in [0.25, 0.3) is 6.08 Å². The summed E-state index contributed by atoms with van der Waals surface area (Å²) >= 11 is 0. The maximum absolute atomic E-state index is 12.8. The van der Waals surface area contributed by atoms with Gasteiger partial charge in [0.05, 0.1) is 7.11 Å². The zero-order chi connectivity index (χ0) is 23.7. The van der Waals surface area contributed by atoms with Crippen molar-refractivity contribution >= 4 is 30.1 Å². The molecule has 32 heavy (non-hydrogen) atoms. The van der Waals surface area contributed by atoms with Gasteiger partial charge in [0, 0.05) is 30.8 Å². The van der Waals surface area contributed by atoms with Crippen molar-refractivity contribution in [1.29, 1.82) is 0 Å². The number of benzene rings is 2. The minimum Gasteiger partial charge on any atom is -0.467 e. The van der Waals surface area contributed by atoms with Crippen molar-refractivity contribution in [2.75, 3.05) is 21.2 Å². The van der Waals surface area contributed by atoms with Crippen LogP contribution in [0.4, 0.5) is 0 Å². The number of ether oxygens (including phenoxy) is 1. The first kappa shape index (κ1) is 24.1. The van der Waals surface area contributed by atoms with E-state index in [-0.39, 0.29) is 5.56 Å². The van der Waals surface area contributed by atoms with Crippen LogP contribution in [0.2, 0.25) is 0 Å². The van der Waals surface area contributed by atoms with Gasteiger partial charge in [0.25, 0.3) is 11.8 Å². The average molecular weight is 433 g/mol. The van der Waals surface area contributed by atoms with Crippen LogP contribution in [-0.2, 0) is 14.3 Å². The summed E-state index contributed by atoms with van der Waals surface area (Å²) in [6, 6.07) is 12.0. The Morgan fingerprint density at radius 3 is 2.12 bits per heavy atom. The quantitative estimate of drug-likeness (QED) is 0.141. The molecule has 2 amide bonds. The fraction of sp³-hybridized carbons (Fsp3) is 0.167. The van der Waals surface area contributed by atoms with E-state index >= 15 is 0 Å². The van der Waals surface area contributed by atoms with Crippen molar-refractivity contribution in [3.05, 3.63) is 76.9 Å². The molecule has 0 heterocycles. The molecule has 164 valence electrons. The lowest BCUT2D eigenvalue weighted by Crippen LogP contribution is -2.54. The molecule has 0 fully saturated rings. The number of carbonyl (C=O) groups is 4. The molecule has 2 rings (SSSR count). The first-order valence-corrected chi connectivity index (χ1v) is 9.49. The Kier molecular flexibility index (Phi) is 8.45. The fourth-order valence-electron chi connectivity index (χ4n) is 2.69. The van der Waals surface area contributed by atoms with Gasteiger partial charge in [0.1, 0.15) is 6.29 Å². The Morgan fingerprint density at radius 1 is 1.00 bits per heavy atom. The standard InChI is InChI=1S/C24H23N3O5/c1-26(21(24(31)32-3)23(30)27(2)25)22(29)20-14-12-18(13-15-20)7-5-4-6-17-8-10-19(16-28)11-9-17/h5,7-16,21H,25H2,1-3H3/b7-5+. The van der Waals surface area contributed by atoms with Gasteiger partial charge in [0.15, 0.2) is 0 Å². The molecule has 0 bridgehead atoms. The van der Waals surface area contributed by atoms with Gasteiger partial charge in [-0.1, -0.05) is 36.1 Å². The number of allylic oxidation sites excluding steroid dienone is 1. The number of hydrogen-bond donors (Lipinski definition) is 1. The minimum absolute atomic E-state index is 0.285. The van der Waals surface area contributed by atoms with E-state index in [1.165, 1.54) is 14.1 Å². The highest BCUT2D eigenvalue weighted by Crippen LogP contribution is 2.12. The van der Waals surface area contributed by atoms with Crippen LogP contribution in [0, 0.1) is 11.8 Å². The molecule has 1 atom stereocenters. The monoisotopic (exact) mass is 433 g/mol. The van der Waals surface area contributed by atoms with E-state index < -0.39 is 23.8 Å². The van der Waals surface area contributed by atoms with Crippen LogP contribution in [0.5, 0.6) is 0 Å². The molecule has 0 aliphatic rings. The maximum atomic E-state index is 12.8. The molecular weight excluding hydrogens is 410 g/mol. The predicted molar refractivity (Wildman–Crippen MR) is 119 cm³/mol. The minimum atomic E-state index is -1.49. The van der Waals surface area contributed by atoms with Gasteiger partial charge >= 0.3 is 5.97 Å². The highest BCUT2D eigenvalue weighted by Gasteiger charge is 2.36. The molecule has 8 heteroatoms. The second-order valence-corrected chi connectivity index (χ2v) is 6.76. The number of hydrazine groups is 1. The highest BCUT2D eigenvalue weighted by molar-refractivity contribution is 6.07. The van der Waals surface area contributed by atoms with Crippen LogP contribution in [-0.4, -0.2) is 61.2 Å². The number of nitrogens with zero attached hydrogens (tertiary/aromatic N) is 2. The molecule has 0 saturated carbocycles. The summed E-state index contributed by atoms with van der Waals surface area (Å²) in [7, 11) is 3.74. The fourth-order valence-corrected chi connectivity index (χ4v) is 2.69. The lowest BCUT2D eigenvalue weighted by atomic mass is 10.1. The highest BCUT2D eigenvalue weighted by atomic mass is 16.5. The molecule has 0 aliphatic carbocycles. The number of nitrogens with two attached hydrogens (primary N) is 1. The first-order valence-electron chi connectivity index (χ1n) is 9.49. The molecule has 2 aromatic rings. The molecule has 2 N–H and O–H groups in total. The summed E-state index contributed by atoms with van der Waals surface area (Å²) < 4.78 is 4.64. The third-order valence-corrected chi connectivity index (χ3v) is 4.49. The van der Waals surface area contributed by atoms with E-state index in [1.54, 1.807) is 60.7 Å². The SMILES string of the molecule is COC(=O)C(C(=O)N(C)N)N(C)C(=O)c1ccc(/C=C/C#Cc2ccc(C=O)cc2)cc1. The van der Waals surface area contributed by atoms with Crippen LogP contribution < -0.4 is 5.84 Å². The third kappa shape index (κ3) is 6.14. The Balaban J connectivity index is 2.10. The van der Waals surface area contributed by atoms with Crippen molar-refractivity contribution < 1.29 is 23.9 Å². The van der Waals surface area contributed by atoms with Crippen molar-refractivity contribution in [3.63, 3.8) is 0 Å². The number of hydrogen-bond acceptors (Lipinski definition) is 6. The van der Waals surface area contributed by atoms with E-state index in [0.29, 0.717) is 5.56 Å². The first-order chi connectivity index (χ1) is 15.3. The molecule has 0 saturated heterocycles. The molecule has 1 unspecified atom stereocenters. The zero-order valence-corrected chi connectivity index (χ0v) is 17.9. The van der Waals surface area contributed by atoms with Crippen LogP contribution in [0.3, 0.4) is 0 Å². The van der Waals surface area contributed by atoms with E-state index in [1.807, 2.05) is 0 Å². The number of likely N-dealkylation sites (N-methyl/N-ethyl adjacent to an activating group) is 2. The van der Waals surface area contributed by atoms with E-state index in [4.69, 9.17) is 5.84 Å². The van der Waals surface area contributed by atoms with Gasteiger partial charge in [-0.15, -0.1) is 0 Å². The molecule has 0 aliphatic heterocycles. The van der Waals surface area contributed by atoms with Gasteiger partial charge in [-0.3, -0.25) is 19.4 Å². The molecule has 0 aromatic heterocycles. The maximum Gasteiger partial charge on any atom is 0.338 e. The molecule has 8 nitrogen and oxygen atoms in total. The summed E-state index contributed by atoms with van der Waals surface area (Å²) in [5.41, 5.74) is 2.45. The topological polar surface area (TPSA) is 110 Å². The Bertz CT molecular complexity index is 1080. The zero-order valence-electron chi connectivity index (χ0n) is 17.9. The van der Waals surface area contributed by atoms with Crippen molar-refractivity contribution in [2.45, 2.75) is 6.04 Å². The number of rotatable bonds is 6. The summed E-state index contributed by atoms with van der Waals surface area (Å²) in [6.45, 7) is 0. The van der Waals surface area contributed by atoms with Gasteiger partial charge in [0.2, 0.25) is 6.04 Å². The third-order valence-electron chi connectivity index (χ3n) is 4.49. The summed E-state index contributed by atoms with van der Waals surface area (Å²) in [5.74, 6) is 9.10. The van der Waals surface area contributed by atoms with Crippen LogP contribution >= 0.6 is 0 Å². The number of carbonyl (C=O) groups excluding carboxylic acids is 4. The van der Waals surface area contributed by atoms with Crippen molar-refractivity contribution in [1.82, 2.24) is 9.91 Å². The number of aldehydes is 1. The lowest BCUT2D eigenvalue weighted by molar-refractivity contribution is -0.153. The van der Waals surface area contributed by atoms with E-state index in [0.717, 1.165) is 34.4 Å². The van der Waals surface area contributed by atoms with Crippen molar-refractivity contribution in [3.8, 4) is 11.8 Å². The predicted octanol–water partition coefficient (Wildman–Crippen LogP) is 1.51. The van der Waals surface area contributed by atoms with Gasteiger partial charge < -0.3 is 9.64 Å². The molecular formula is C24H23N3O5. The summed E-state index contributed by atoms with van der Waals surface area (Å²) in [5, 5.41) is 0.733. The largest absolute Gasteiger partial charge is 0.467 e. The summed E-state index contributed by atoms with van der Waals surface area (Å²) in [6.07, 6.45) is 4.21. The smallest absolute Gasteiger partial charge is 0.338 e. The Morgan fingerprint density at radius 2 is 1.59 bits per heavy atom. The van der Waals surface area contributed by atoms with E-state index in [2.05, 4.69) is 16.6 Å². The van der Waals surface area contributed by atoms with Gasteiger partial charge in [-0.2, -0.15) is 0 Å². The number of methoxy groups -OCH3 is 1. The average Bonchev–Trinajstić information content (AvgIpc) is 2.81. The van der Waals surface area contributed by atoms with E-state index in [9.17, 15) is 19.2 Å².